The third-order valence-corrected chi connectivity index (χ3v) is 8.48. The average molecular weight is 399 g/mol. The number of β-lactam (4-membered cyclic amide) rings is 1. The van der Waals surface area contributed by atoms with E-state index in [1.807, 2.05) is 6.07 Å². The zero-order valence-electron chi connectivity index (χ0n) is 14.7. The van der Waals surface area contributed by atoms with Crippen molar-refractivity contribution >= 4 is 31.2 Å². The third kappa shape index (κ3) is 3.08. The van der Waals surface area contributed by atoms with Gasteiger partial charge in [-0.3, -0.25) is 14.2 Å². The van der Waals surface area contributed by atoms with E-state index in [9.17, 15) is 19.0 Å². The first-order valence-corrected chi connectivity index (χ1v) is 10.6. The molecule has 2 amide bonds. The van der Waals surface area contributed by atoms with Gasteiger partial charge in [0.1, 0.15) is 23.2 Å². The molecule has 0 bridgehead atoms. The lowest BCUT2D eigenvalue weighted by Crippen LogP contribution is -2.69. The van der Waals surface area contributed by atoms with Crippen molar-refractivity contribution in [2.45, 2.75) is 41.8 Å². The van der Waals surface area contributed by atoms with E-state index in [4.69, 9.17) is 10.3 Å². The minimum absolute atomic E-state index is 0.405. The first-order valence-electron chi connectivity index (χ1n) is 8.09. The monoisotopic (exact) mass is 399 g/mol. The van der Waals surface area contributed by atoms with Gasteiger partial charge >= 0.3 is 7.60 Å². The lowest BCUT2D eigenvalue weighted by molar-refractivity contribution is -0.149. The fraction of sp³-hybridized carbons (Fsp3) is 0.500. The van der Waals surface area contributed by atoms with Gasteiger partial charge in [0.15, 0.2) is 0 Å². The van der Waals surface area contributed by atoms with Crippen molar-refractivity contribution in [2.24, 2.45) is 5.73 Å². The van der Waals surface area contributed by atoms with E-state index in [0.717, 1.165) is 7.11 Å². The van der Waals surface area contributed by atoms with Crippen LogP contribution in [0.4, 0.5) is 0 Å². The molecule has 2 heterocycles. The van der Waals surface area contributed by atoms with Crippen LogP contribution >= 0.6 is 19.4 Å². The second kappa shape index (κ2) is 6.65. The molecule has 4 unspecified atom stereocenters. The zero-order valence-corrected chi connectivity index (χ0v) is 16.4. The molecular weight excluding hydrogens is 377 g/mol. The minimum atomic E-state index is -4.00. The maximum Gasteiger partial charge on any atom is 0.351 e. The zero-order chi connectivity index (χ0) is 19.3. The molecule has 0 saturated carbocycles. The average Bonchev–Trinajstić information content (AvgIpc) is 2.88. The molecule has 2 aliphatic heterocycles. The summed E-state index contributed by atoms with van der Waals surface area (Å²) in [7, 11) is -2.85. The van der Waals surface area contributed by atoms with Crippen LogP contribution in [0.15, 0.2) is 30.3 Å². The van der Waals surface area contributed by atoms with Crippen LogP contribution in [0.3, 0.4) is 0 Å². The summed E-state index contributed by atoms with van der Waals surface area (Å²) in [5.74, 6) is -1.83. The molecule has 26 heavy (non-hydrogen) atoms. The smallest absolute Gasteiger partial charge is 0.340 e. The highest BCUT2D eigenvalue weighted by atomic mass is 32.2. The lowest BCUT2D eigenvalue weighted by Gasteiger charge is -2.45. The SMILES string of the molecule is COP(=O)(O)C1N2C(=O)C(NC(=O)C(N)c3ccccc3)[C@@H]2SC1(C)C. The molecule has 8 nitrogen and oxygen atoms in total. The van der Waals surface area contributed by atoms with Crippen molar-refractivity contribution in [2.75, 3.05) is 7.11 Å². The highest BCUT2D eigenvalue weighted by molar-refractivity contribution is 8.02. The number of thioether (sulfide) groups is 1. The topological polar surface area (TPSA) is 122 Å². The molecule has 0 radical (unpaired) electrons. The van der Waals surface area contributed by atoms with Crippen LogP contribution in [0.25, 0.3) is 0 Å². The highest BCUT2D eigenvalue weighted by Gasteiger charge is 2.67. The van der Waals surface area contributed by atoms with E-state index >= 15 is 0 Å². The van der Waals surface area contributed by atoms with Crippen LogP contribution in [0.2, 0.25) is 0 Å². The predicted octanol–water partition coefficient (Wildman–Crippen LogP) is 1.02. The fourth-order valence-corrected chi connectivity index (χ4v) is 7.16. The number of nitrogens with one attached hydrogen (secondary N) is 1. The van der Waals surface area contributed by atoms with Crippen molar-refractivity contribution in [1.29, 1.82) is 0 Å². The largest absolute Gasteiger partial charge is 0.351 e. The van der Waals surface area contributed by atoms with Crippen molar-refractivity contribution in [3.05, 3.63) is 35.9 Å². The van der Waals surface area contributed by atoms with E-state index in [2.05, 4.69) is 5.32 Å². The number of nitrogens with zero attached hydrogens (tertiary/aromatic N) is 1. The van der Waals surface area contributed by atoms with Crippen molar-refractivity contribution in [3.63, 3.8) is 0 Å². The maximum atomic E-state index is 12.6. The third-order valence-electron chi connectivity index (χ3n) is 4.70. The first kappa shape index (κ1) is 19.4. The second-order valence-electron chi connectivity index (χ2n) is 6.85. The number of nitrogens with two attached hydrogens (primary N) is 1. The molecule has 142 valence electrons. The summed E-state index contributed by atoms with van der Waals surface area (Å²) in [6.07, 6.45) is 0. The summed E-state index contributed by atoms with van der Waals surface area (Å²) in [4.78, 5) is 36.5. The molecule has 5 atom stereocenters. The Labute approximate surface area is 156 Å². The lowest BCUT2D eigenvalue weighted by atomic mass is 10.0. The molecule has 1 aromatic rings. The molecule has 10 heteroatoms. The van der Waals surface area contributed by atoms with E-state index < -0.39 is 47.4 Å². The van der Waals surface area contributed by atoms with Gasteiger partial charge in [-0.25, -0.2) is 0 Å². The van der Waals surface area contributed by atoms with Crippen LogP contribution in [0, 0.1) is 0 Å². The summed E-state index contributed by atoms with van der Waals surface area (Å²) >= 11 is 1.37. The van der Waals surface area contributed by atoms with Gasteiger partial charge in [-0.05, 0) is 19.4 Å². The summed E-state index contributed by atoms with van der Waals surface area (Å²) < 4.78 is 16.5. The van der Waals surface area contributed by atoms with Gasteiger partial charge in [0.05, 0.1) is 0 Å². The molecule has 4 N–H and O–H groups in total. The number of fused-ring (bicyclic) bond motifs is 1. The Morgan fingerprint density at radius 1 is 1.42 bits per heavy atom. The predicted molar refractivity (Wildman–Crippen MR) is 98.2 cm³/mol. The number of hydrogen-bond acceptors (Lipinski definition) is 6. The number of carbonyl (C=O) groups excluding carboxylic acids is 2. The number of benzene rings is 1. The molecule has 2 fully saturated rings. The molecular formula is C16H22N3O5PS. The first-order chi connectivity index (χ1) is 12.1. The van der Waals surface area contributed by atoms with E-state index in [1.54, 1.807) is 38.1 Å². The molecule has 0 spiro atoms. The molecule has 0 aromatic heterocycles. The Morgan fingerprint density at radius 3 is 2.62 bits per heavy atom. The second-order valence-corrected chi connectivity index (χ2v) is 10.6. The Bertz CT molecular complexity index is 774. The van der Waals surface area contributed by atoms with Crippen LogP contribution < -0.4 is 11.1 Å². The molecule has 1 aromatic carbocycles. The van der Waals surface area contributed by atoms with Crippen molar-refractivity contribution in [3.8, 4) is 0 Å². The van der Waals surface area contributed by atoms with Gasteiger partial charge in [0.25, 0.3) is 0 Å². The van der Waals surface area contributed by atoms with E-state index in [-0.39, 0.29) is 0 Å². The fourth-order valence-electron chi connectivity index (χ4n) is 3.42. The van der Waals surface area contributed by atoms with Gasteiger partial charge in [-0.2, -0.15) is 0 Å². The number of carbonyl (C=O) groups is 2. The van der Waals surface area contributed by atoms with Crippen LogP contribution in [0.1, 0.15) is 25.5 Å². The Morgan fingerprint density at radius 2 is 2.04 bits per heavy atom. The summed E-state index contributed by atoms with van der Waals surface area (Å²) in [5, 5.41) is 2.25. The van der Waals surface area contributed by atoms with Gasteiger partial charge in [0, 0.05) is 11.9 Å². The molecule has 0 aliphatic carbocycles. The summed E-state index contributed by atoms with van der Waals surface area (Å²) in [6, 6.07) is 7.19. The van der Waals surface area contributed by atoms with E-state index in [1.165, 1.54) is 16.7 Å². The van der Waals surface area contributed by atoms with Crippen LogP contribution in [-0.2, 0) is 18.7 Å². The van der Waals surface area contributed by atoms with Gasteiger partial charge in [-0.15, -0.1) is 11.8 Å². The standard InChI is InChI=1S/C16H22N3O5PS/c1-16(2)15(25(22,23)24-3)19-13(21)11(14(19)26-16)18-12(20)10(17)9-7-5-4-6-8-9/h4-8,10-11,14-15H,17H2,1-3H3,(H,18,20)(H,22,23)/t10?,11?,14-,15?/m0/s1. The number of hydrogen-bond donors (Lipinski definition) is 3. The Hall–Kier alpha value is -1.38. The van der Waals surface area contributed by atoms with E-state index in [0.29, 0.717) is 5.56 Å². The molecule has 2 saturated heterocycles. The minimum Gasteiger partial charge on any atom is -0.340 e. The highest BCUT2D eigenvalue weighted by Crippen LogP contribution is 2.64. The van der Waals surface area contributed by atoms with Crippen LogP contribution in [-0.4, -0.2) is 50.7 Å². The van der Waals surface area contributed by atoms with Crippen LogP contribution in [0.5, 0.6) is 0 Å². The number of rotatable bonds is 5. The Balaban J connectivity index is 1.74. The van der Waals surface area contributed by atoms with Gasteiger partial charge in [-0.1, -0.05) is 30.3 Å². The molecule has 3 rings (SSSR count). The quantitative estimate of drug-likeness (QED) is 0.499. The maximum absolute atomic E-state index is 12.6. The van der Waals surface area contributed by atoms with Crippen molar-refractivity contribution in [1.82, 2.24) is 10.2 Å². The normalized spacial score (nSPS) is 30.1. The molecule has 2 aliphatic rings. The Kier molecular flexibility index (Phi) is 4.96. The van der Waals surface area contributed by atoms with Gasteiger partial charge < -0.3 is 25.4 Å². The summed E-state index contributed by atoms with van der Waals surface area (Å²) in [6.45, 7) is 3.56. The van der Waals surface area contributed by atoms with Gasteiger partial charge in [0.2, 0.25) is 11.8 Å². The number of amides is 2. The summed E-state index contributed by atoms with van der Waals surface area (Å²) in [5.41, 5.74) is 6.61. The van der Waals surface area contributed by atoms with Crippen molar-refractivity contribution < 1.29 is 23.6 Å².